The molecule has 100 valence electrons. The molecule has 0 fully saturated rings. The summed E-state index contributed by atoms with van der Waals surface area (Å²) in [6.45, 7) is 2.34. The van der Waals surface area contributed by atoms with Crippen LogP contribution in [0, 0.1) is 5.82 Å². The molecular weight excluding hydrogens is 265 g/mol. The molecule has 0 heterocycles. The van der Waals surface area contributed by atoms with Crippen molar-refractivity contribution in [3.63, 3.8) is 0 Å². The molecule has 0 aliphatic heterocycles. The van der Waals surface area contributed by atoms with Crippen LogP contribution < -0.4 is 5.32 Å². The lowest BCUT2D eigenvalue weighted by molar-refractivity contribution is 0.421. The number of hydrogen-bond donors (Lipinski definition) is 2. The molecule has 0 unspecified atom stereocenters. The van der Waals surface area contributed by atoms with Gasteiger partial charge in [-0.05, 0) is 24.6 Å². The zero-order valence-electron chi connectivity index (χ0n) is 10.5. The summed E-state index contributed by atoms with van der Waals surface area (Å²) in [7, 11) is 0. The zero-order chi connectivity index (χ0) is 13.8. The minimum atomic E-state index is -0.607. The Morgan fingerprint density at radius 2 is 1.95 bits per heavy atom. The van der Waals surface area contributed by atoms with Crippen molar-refractivity contribution in [3.8, 4) is 5.75 Å². The highest BCUT2D eigenvalue weighted by atomic mass is 35.5. The van der Waals surface area contributed by atoms with Crippen LogP contribution in [0.3, 0.4) is 0 Å². The first-order chi connectivity index (χ1) is 9.09. The second-order valence-electron chi connectivity index (χ2n) is 4.37. The molecule has 4 heteroatoms. The van der Waals surface area contributed by atoms with E-state index in [4.69, 9.17) is 11.6 Å². The van der Waals surface area contributed by atoms with E-state index in [0.717, 1.165) is 5.56 Å². The molecule has 0 saturated heterocycles. The molecule has 0 radical (unpaired) electrons. The third kappa shape index (κ3) is 3.25. The summed E-state index contributed by atoms with van der Waals surface area (Å²) in [5, 5.41) is 13.5. The number of para-hydroxylation sites is 1. The van der Waals surface area contributed by atoms with Gasteiger partial charge in [0.05, 0.1) is 0 Å². The largest absolute Gasteiger partial charge is 0.505 e. The third-order valence-electron chi connectivity index (χ3n) is 3.04. The summed E-state index contributed by atoms with van der Waals surface area (Å²) in [4.78, 5) is 0. The smallest absolute Gasteiger partial charge is 0.165 e. The van der Waals surface area contributed by atoms with Gasteiger partial charge in [-0.1, -0.05) is 41.9 Å². The van der Waals surface area contributed by atoms with Gasteiger partial charge in [0, 0.05) is 23.2 Å². The van der Waals surface area contributed by atoms with Crippen molar-refractivity contribution >= 4 is 11.6 Å². The van der Waals surface area contributed by atoms with E-state index in [9.17, 15) is 9.50 Å². The van der Waals surface area contributed by atoms with Gasteiger partial charge in [0.1, 0.15) is 0 Å². The number of benzene rings is 2. The predicted molar refractivity (Wildman–Crippen MR) is 74.8 cm³/mol. The van der Waals surface area contributed by atoms with Gasteiger partial charge < -0.3 is 10.4 Å². The summed E-state index contributed by atoms with van der Waals surface area (Å²) in [5.41, 5.74) is 1.50. The van der Waals surface area contributed by atoms with E-state index in [1.165, 1.54) is 6.07 Å². The highest BCUT2D eigenvalue weighted by Crippen LogP contribution is 2.24. The summed E-state index contributed by atoms with van der Waals surface area (Å²) in [6, 6.07) is 12.1. The van der Waals surface area contributed by atoms with Crippen LogP contribution in [0.4, 0.5) is 4.39 Å². The number of rotatable bonds is 4. The predicted octanol–water partition coefficient (Wildman–Crippen LogP) is 4.04. The molecule has 0 aliphatic carbocycles. The number of aromatic hydroxyl groups is 1. The second kappa shape index (κ2) is 6.04. The minimum absolute atomic E-state index is 0.0105. The molecule has 2 nitrogen and oxygen atoms in total. The molecule has 0 aromatic heterocycles. The summed E-state index contributed by atoms with van der Waals surface area (Å²) >= 11 is 6.11. The van der Waals surface area contributed by atoms with Crippen LogP contribution in [0.2, 0.25) is 5.02 Å². The Bertz CT molecular complexity index is 574. The molecule has 0 spiro atoms. The lowest BCUT2D eigenvalue weighted by Gasteiger charge is -2.16. The topological polar surface area (TPSA) is 32.3 Å². The van der Waals surface area contributed by atoms with E-state index in [2.05, 4.69) is 5.32 Å². The van der Waals surface area contributed by atoms with Crippen molar-refractivity contribution in [2.45, 2.75) is 19.5 Å². The first-order valence-corrected chi connectivity index (χ1v) is 6.41. The Morgan fingerprint density at radius 1 is 1.21 bits per heavy atom. The van der Waals surface area contributed by atoms with Crippen molar-refractivity contribution in [1.82, 2.24) is 5.32 Å². The van der Waals surface area contributed by atoms with Crippen molar-refractivity contribution in [1.29, 1.82) is 0 Å². The van der Waals surface area contributed by atoms with Crippen molar-refractivity contribution in [2.75, 3.05) is 0 Å². The van der Waals surface area contributed by atoms with Crippen LogP contribution in [0.5, 0.6) is 5.75 Å². The SMILES string of the molecule is C[C@H](NCc1cccc(F)c1O)c1ccccc1Cl. The van der Waals surface area contributed by atoms with Gasteiger partial charge in [-0.3, -0.25) is 0 Å². The van der Waals surface area contributed by atoms with Crippen LogP contribution in [-0.4, -0.2) is 5.11 Å². The van der Waals surface area contributed by atoms with Crippen LogP contribution in [0.25, 0.3) is 0 Å². The summed E-state index contributed by atoms with van der Waals surface area (Å²) in [6.07, 6.45) is 0. The maximum atomic E-state index is 13.2. The molecule has 2 rings (SSSR count). The quantitative estimate of drug-likeness (QED) is 0.885. The summed E-state index contributed by atoms with van der Waals surface area (Å²) in [5.74, 6) is -0.911. The van der Waals surface area contributed by atoms with Gasteiger partial charge in [-0.2, -0.15) is 0 Å². The number of phenolic OH excluding ortho intramolecular Hbond substituents is 1. The molecule has 1 atom stereocenters. The molecule has 2 aromatic carbocycles. The third-order valence-corrected chi connectivity index (χ3v) is 3.38. The van der Waals surface area contributed by atoms with Crippen LogP contribution in [-0.2, 0) is 6.54 Å². The molecular formula is C15H15ClFNO. The van der Waals surface area contributed by atoms with Gasteiger partial charge in [0.25, 0.3) is 0 Å². The lowest BCUT2D eigenvalue weighted by atomic mass is 10.1. The fraction of sp³-hybridized carbons (Fsp3) is 0.200. The Labute approximate surface area is 116 Å². The highest BCUT2D eigenvalue weighted by molar-refractivity contribution is 6.31. The lowest BCUT2D eigenvalue weighted by Crippen LogP contribution is -2.18. The van der Waals surface area contributed by atoms with Crippen molar-refractivity contribution in [2.24, 2.45) is 0 Å². The van der Waals surface area contributed by atoms with Crippen LogP contribution in [0.1, 0.15) is 24.1 Å². The number of halogens is 2. The number of phenols is 1. The van der Waals surface area contributed by atoms with E-state index in [1.807, 2.05) is 31.2 Å². The first kappa shape index (κ1) is 13.8. The number of hydrogen-bond acceptors (Lipinski definition) is 2. The molecule has 2 aromatic rings. The summed E-state index contributed by atoms with van der Waals surface area (Å²) < 4.78 is 13.2. The maximum absolute atomic E-state index is 13.2. The first-order valence-electron chi connectivity index (χ1n) is 6.03. The normalized spacial score (nSPS) is 12.4. The van der Waals surface area contributed by atoms with Crippen LogP contribution >= 0.6 is 11.6 Å². The van der Waals surface area contributed by atoms with Crippen molar-refractivity contribution in [3.05, 3.63) is 64.4 Å². The van der Waals surface area contributed by atoms with E-state index in [1.54, 1.807) is 12.1 Å². The Morgan fingerprint density at radius 3 is 2.68 bits per heavy atom. The average molecular weight is 280 g/mol. The fourth-order valence-corrected chi connectivity index (χ4v) is 2.20. The Hall–Kier alpha value is -1.58. The Kier molecular flexibility index (Phi) is 4.40. The van der Waals surface area contributed by atoms with E-state index < -0.39 is 5.82 Å². The molecule has 0 bridgehead atoms. The minimum Gasteiger partial charge on any atom is -0.505 e. The van der Waals surface area contributed by atoms with Gasteiger partial charge in [-0.15, -0.1) is 0 Å². The second-order valence-corrected chi connectivity index (χ2v) is 4.78. The van der Waals surface area contributed by atoms with Gasteiger partial charge in [0.2, 0.25) is 0 Å². The van der Waals surface area contributed by atoms with Gasteiger partial charge >= 0.3 is 0 Å². The van der Waals surface area contributed by atoms with Gasteiger partial charge in [-0.25, -0.2) is 4.39 Å². The van der Waals surface area contributed by atoms with Crippen molar-refractivity contribution < 1.29 is 9.50 Å². The van der Waals surface area contributed by atoms with Gasteiger partial charge in [0.15, 0.2) is 11.6 Å². The van der Waals surface area contributed by atoms with E-state index in [-0.39, 0.29) is 11.8 Å². The molecule has 2 N–H and O–H groups in total. The number of nitrogens with one attached hydrogen (secondary N) is 1. The standard InChI is InChI=1S/C15H15ClFNO/c1-10(12-6-2-3-7-13(12)16)18-9-11-5-4-8-14(17)15(11)19/h2-8,10,18-19H,9H2,1H3/t10-/m0/s1. The fourth-order valence-electron chi connectivity index (χ4n) is 1.90. The average Bonchev–Trinajstić information content (AvgIpc) is 2.40. The zero-order valence-corrected chi connectivity index (χ0v) is 11.3. The monoisotopic (exact) mass is 279 g/mol. The van der Waals surface area contributed by atoms with Crippen LogP contribution in [0.15, 0.2) is 42.5 Å². The molecule has 0 aliphatic rings. The molecule has 19 heavy (non-hydrogen) atoms. The maximum Gasteiger partial charge on any atom is 0.165 e. The molecule has 0 saturated carbocycles. The van der Waals surface area contributed by atoms with E-state index in [0.29, 0.717) is 17.1 Å². The highest BCUT2D eigenvalue weighted by Gasteiger charge is 2.11. The Balaban J connectivity index is 2.07. The molecule has 0 amide bonds. The van der Waals surface area contributed by atoms with E-state index >= 15 is 0 Å².